The Morgan fingerprint density at radius 1 is 0.923 bits per heavy atom. The van der Waals surface area contributed by atoms with Crippen molar-refractivity contribution in [2.24, 2.45) is 11.3 Å². The number of carbonyl (C=O) groups excluding carboxylic acids is 1. The highest BCUT2D eigenvalue weighted by atomic mass is 28.4. The molecule has 2 fully saturated rings. The molecule has 52 heavy (non-hydrogen) atoms. The molecule has 1 unspecified atom stereocenters. The lowest BCUT2D eigenvalue weighted by atomic mass is 9.63. The van der Waals surface area contributed by atoms with E-state index in [4.69, 9.17) is 18.0 Å². The Bertz CT molecular complexity index is 1230. The van der Waals surface area contributed by atoms with Crippen molar-refractivity contribution in [3.63, 3.8) is 0 Å². The van der Waals surface area contributed by atoms with Gasteiger partial charge in [-0.25, -0.2) is 0 Å². The van der Waals surface area contributed by atoms with Crippen LogP contribution in [0.5, 0.6) is 0 Å². The van der Waals surface area contributed by atoms with Gasteiger partial charge >= 0.3 is 12.1 Å². The lowest BCUT2D eigenvalue weighted by Crippen LogP contribution is -2.51. The largest absolute Gasteiger partial charge is 0.458 e. The number of carbonyl (C=O) groups is 1. The molecule has 11 heteroatoms. The Labute approximate surface area is 318 Å². The van der Waals surface area contributed by atoms with E-state index in [1.165, 1.54) is 11.1 Å². The summed E-state index contributed by atoms with van der Waals surface area (Å²) in [5.74, 6) is -0.295. The minimum Gasteiger partial charge on any atom is -0.458 e. The molecule has 0 aromatic heterocycles. The number of hydrogen-bond donors (Lipinski definition) is 0. The Morgan fingerprint density at radius 2 is 1.44 bits per heavy atom. The van der Waals surface area contributed by atoms with E-state index in [-0.39, 0.29) is 24.0 Å². The number of fused-ring (bicyclic) bond motifs is 1. The summed E-state index contributed by atoms with van der Waals surface area (Å²) < 4.78 is 67.8. The Balaban J connectivity index is 1.78. The van der Waals surface area contributed by atoms with E-state index in [1.807, 2.05) is 6.92 Å². The van der Waals surface area contributed by atoms with E-state index in [9.17, 15) is 18.0 Å². The van der Waals surface area contributed by atoms with Gasteiger partial charge in [-0.15, -0.1) is 0 Å². The molecular formula is C41H73F3O5Si3. The van der Waals surface area contributed by atoms with E-state index in [0.29, 0.717) is 5.92 Å². The highest BCUT2D eigenvalue weighted by Crippen LogP contribution is 2.56. The molecule has 0 saturated heterocycles. The molecule has 0 radical (unpaired) electrons. The monoisotopic (exact) mass is 786 g/mol. The molecule has 6 atom stereocenters. The van der Waals surface area contributed by atoms with Crippen molar-refractivity contribution in [2.45, 2.75) is 206 Å². The number of ether oxygens (including phenoxy) is 1. The summed E-state index contributed by atoms with van der Waals surface area (Å²) in [4.78, 5) is 13.0. The maximum atomic E-state index is 14.0. The number of hydrogen-bond acceptors (Lipinski definition) is 5. The SMILES string of the molecule is CC[Si](CC)(CC)O[C@@H]1CC(=C/C=C2\CCC[C@]3(C)C([C@H](C)OC(=O)CCC(C)(O[Si](C)(C)C)C(F)(F)F)=CC[C@@H]23)C[C@@H](O[Si](CC)(CC)CC)C1. The van der Waals surface area contributed by atoms with Crippen molar-refractivity contribution in [3.8, 4) is 0 Å². The fraction of sp³-hybridized carbons (Fsp3) is 0.829. The van der Waals surface area contributed by atoms with Crippen LogP contribution in [0.25, 0.3) is 0 Å². The zero-order valence-electron chi connectivity index (χ0n) is 34.8. The summed E-state index contributed by atoms with van der Waals surface area (Å²) in [6.07, 6.45) is 8.42. The van der Waals surface area contributed by atoms with Crippen LogP contribution in [-0.2, 0) is 22.8 Å². The molecule has 2 saturated carbocycles. The Hall–Kier alpha value is -0.989. The average Bonchev–Trinajstić information content (AvgIpc) is 3.44. The van der Waals surface area contributed by atoms with E-state index < -0.39 is 55.2 Å². The molecule has 0 spiro atoms. The number of halogens is 3. The lowest BCUT2D eigenvalue weighted by molar-refractivity contribution is -0.247. The molecule has 3 aliphatic rings. The van der Waals surface area contributed by atoms with Crippen LogP contribution in [0, 0.1) is 11.3 Å². The zero-order chi connectivity index (χ0) is 39.2. The van der Waals surface area contributed by atoms with Gasteiger partial charge in [0.25, 0.3) is 0 Å². The molecule has 0 aliphatic heterocycles. The van der Waals surface area contributed by atoms with Crippen LogP contribution in [-0.4, -0.2) is 61.0 Å². The van der Waals surface area contributed by atoms with Crippen LogP contribution in [0.1, 0.15) is 120 Å². The minimum absolute atomic E-state index is 0.156. The number of rotatable bonds is 18. The smallest absolute Gasteiger partial charge is 0.416 e. The molecule has 5 nitrogen and oxygen atoms in total. The Kier molecular flexibility index (Phi) is 16.0. The van der Waals surface area contributed by atoms with Gasteiger partial charge in [-0.2, -0.15) is 13.2 Å². The van der Waals surface area contributed by atoms with Gasteiger partial charge in [0.1, 0.15) is 11.7 Å². The summed E-state index contributed by atoms with van der Waals surface area (Å²) in [6.45, 7) is 24.2. The molecular weight excluding hydrogens is 714 g/mol. The van der Waals surface area contributed by atoms with Crippen molar-refractivity contribution in [2.75, 3.05) is 0 Å². The van der Waals surface area contributed by atoms with Crippen LogP contribution >= 0.6 is 0 Å². The second-order valence-corrected chi connectivity index (χ2v) is 31.3. The summed E-state index contributed by atoms with van der Waals surface area (Å²) in [5.41, 5.74) is 1.43. The van der Waals surface area contributed by atoms with Gasteiger partial charge < -0.3 is 18.0 Å². The van der Waals surface area contributed by atoms with Gasteiger partial charge in [-0.3, -0.25) is 4.79 Å². The maximum Gasteiger partial charge on any atom is 0.416 e. The second kappa shape index (κ2) is 18.3. The summed E-state index contributed by atoms with van der Waals surface area (Å²) in [7, 11) is -6.07. The zero-order valence-corrected chi connectivity index (χ0v) is 37.8. The maximum absolute atomic E-state index is 14.0. The predicted octanol–water partition coefficient (Wildman–Crippen LogP) is 12.8. The van der Waals surface area contributed by atoms with Crippen molar-refractivity contribution in [1.29, 1.82) is 0 Å². The van der Waals surface area contributed by atoms with E-state index in [2.05, 4.69) is 66.7 Å². The second-order valence-electron chi connectivity index (χ2n) is 17.5. The van der Waals surface area contributed by atoms with E-state index in [0.717, 1.165) is 93.7 Å². The normalized spacial score (nSPS) is 27.2. The van der Waals surface area contributed by atoms with Crippen LogP contribution in [0.2, 0.25) is 55.9 Å². The molecule has 0 aromatic carbocycles. The number of allylic oxidation sites excluding steroid dienone is 4. The van der Waals surface area contributed by atoms with Crippen molar-refractivity contribution < 1.29 is 36.0 Å². The molecule has 3 aliphatic carbocycles. The summed E-state index contributed by atoms with van der Waals surface area (Å²) in [6, 6.07) is 6.87. The van der Waals surface area contributed by atoms with Crippen molar-refractivity contribution in [3.05, 3.63) is 34.9 Å². The molecule has 300 valence electrons. The minimum atomic E-state index is -4.58. The molecule has 0 N–H and O–H groups in total. The van der Waals surface area contributed by atoms with Gasteiger partial charge in [0.2, 0.25) is 0 Å². The first kappa shape index (κ1) is 45.4. The third kappa shape index (κ3) is 11.1. The average molecular weight is 787 g/mol. The predicted molar refractivity (Wildman–Crippen MR) is 216 cm³/mol. The molecule has 0 bridgehead atoms. The first-order valence-electron chi connectivity index (χ1n) is 20.6. The fourth-order valence-electron chi connectivity index (χ4n) is 9.44. The number of alkyl halides is 3. The quantitative estimate of drug-likeness (QED) is 0.0787. The van der Waals surface area contributed by atoms with E-state index >= 15 is 0 Å². The van der Waals surface area contributed by atoms with Gasteiger partial charge in [-0.1, -0.05) is 77.8 Å². The van der Waals surface area contributed by atoms with Crippen LogP contribution < -0.4 is 0 Å². The topological polar surface area (TPSA) is 54.0 Å². The molecule has 3 rings (SSSR count). The summed E-state index contributed by atoms with van der Waals surface area (Å²) in [5, 5.41) is 0. The first-order valence-corrected chi connectivity index (χ1v) is 29.0. The highest BCUT2D eigenvalue weighted by molar-refractivity contribution is 6.74. The number of esters is 1. The third-order valence-corrected chi connectivity index (χ3v) is 23.5. The molecule has 0 heterocycles. The first-order chi connectivity index (χ1) is 24.2. The van der Waals surface area contributed by atoms with Gasteiger partial charge in [-0.05, 0) is 138 Å². The van der Waals surface area contributed by atoms with Crippen molar-refractivity contribution >= 4 is 30.9 Å². The fourth-order valence-corrected chi connectivity index (χ4v) is 16.8. The third-order valence-electron chi connectivity index (χ3n) is 13.0. The standard InChI is InChI=1S/C41H73F3O5Si3/c1-13-51(14-2,15-3)47-34-28-32(29-35(30-34)48-52(16-4,17-5)18-6)21-22-33-20-19-26-39(8)36(23-24-37(33)39)31(7)46-38(45)25-27-40(9,41(42,43)44)49-50(10,11)12/h21-23,31,34-35,37H,13-20,24-30H2,1-12H3/b33-22+/t31-,34+,35+,37-,39+,40?/m0/s1. The van der Waals surface area contributed by atoms with Gasteiger partial charge in [0, 0.05) is 6.42 Å². The molecule has 0 aromatic rings. The van der Waals surface area contributed by atoms with Crippen LogP contribution in [0.15, 0.2) is 34.9 Å². The summed E-state index contributed by atoms with van der Waals surface area (Å²) >= 11 is 0. The van der Waals surface area contributed by atoms with Crippen molar-refractivity contribution in [1.82, 2.24) is 0 Å². The van der Waals surface area contributed by atoms with Crippen LogP contribution in [0.3, 0.4) is 0 Å². The molecule has 0 amide bonds. The van der Waals surface area contributed by atoms with Gasteiger partial charge in [0.15, 0.2) is 25.0 Å². The van der Waals surface area contributed by atoms with Gasteiger partial charge in [0.05, 0.1) is 12.2 Å². The van der Waals surface area contributed by atoms with E-state index in [1.54, 1.807) is 19.6 Å². The highest BCUT2D eigenvalue weighted by Gasteiger charge is 2.54. The lowest BCUT2D eigenvalue weighted by Gasteiger charge is -2.42. The Morgan fingerprint density at radius 3 is 1.90 bits per heavy atom. The van der Waals surface area contributed by atoms with Crippen LogP contribution in [0.4, 0.5) is 13.2 Å².